The lowest BCUT2D eigenvalue weighted by molar-refractivity contribution is -0.283. The third-order valence-electron chi connectivity index (χ3n) is 2.34. The molecule has 5 heteroatoms. The van der Waals surface area contributed by atoms with Gasteiger partial charge in [-0.1, -0.05) is 16.2 Å². The van der Waals surface area contributed by atoms with E-state index < -0.39 is 18.1 Å². The molecule has 1 rings (SSSR count). The summed E-state index contributed by atoms with van der Waals surface area (Å²) < 4.78 is 36.3. The average Bonchev–Trinajstić information content (AvgIpc) is 1.94. The molecule has 1 saturated heterocycles. The summed E-state index contributed by atoms with van der Waals surface area (Å²) in [6.45, 7) is 5.12. The molecular weight excluding hydrogens is 197 g/mol. The molecule has 13 heavy (non-hydrogen) atoms. The maximum Gasteiger partial charge on any atom is 0.284 e. The van der Waals surface area contributed by atoms with Gasteiger partial charge in [0.2, 0.25) is 0 Å². The van der Waals surface area contributed by atoms with Gasteiger partial charge in [0.15, 0.2) is 6.29 Å². The Hall–Kier alpha value is 0.210. The van der Waals surface area contributed by atoms with Crippen molar-refractivity contribution < 1.29 is 18.3 Å². The molecule has 0 saturated carbocycles. The Bertz CT molecular complexity index is 183. The van der Waals surface area contributed by atoms with Gasteiger partial charge in [0, 0.05) is 5.92 Å². The quantitative estimate of drug-likeness (QED) is 0.620. The predicted octanol–water partition coefficient (Wildman–Crippen LogP) is 2.24. The lowest BCUT2D eigenvalue weighted by Crippen LogP contribution is -2.49. The van der Waals surface area contributed by atoms with E-state index in [-0.39, 0.29) is 12.0 Å². The van der Waals surface area contributed by atoms with Crippen molar-refractivity contribution in [3.63, 3.8) is 0 Å². The van der Waals surface area contributed by atoms with Crippen LogP contribution in [0.3, 0.4) is 0 Å². The van der Waals surface area contributed by atoms with Gasteiger partial charge in [-0.3, -0.25) is 0 Å². The summed E-state index contributed by atoms with van der Waals surface area (Å²) >= 11 is 0. The van der Waals surface area contributed by atoms with Crippen molar-refractivity contribution in [1.82, 2.24) is 0 Å². The lowest BCUT2D eigenvalue weighted by atomic mass is 9.98. The SMILES string of the molecule is CC1OC(C)C(C)C(C(F)(F)P)O1. The summed E-state index contributed by atoms with van der Waals surface area (Å²) in [5, 5.41) is 0. The largest absolute Gasteiger partial charge is 0.350 e. The second kappa shape index (κ2) is 3.76. The molecule has 0 bridgehead atoms. The van der Waals surface area contributed by atoms with E-state index in [1.165, 1.54) is 9.24 Å². The van der Waals surface area contributed by atoms with E-state index >= 15 is 0 Å². The maximum atomic E-state index is 13.0. The molecule has 2 nitrogen and oxygen atoms in total. The van der Waals surface area contributed by atoms with E-state index in [4.69, 9.17) is 9.47 Å². The van der Waals surface area contributed by atoms with Crippen LogP contribution in [0, 0.1) is 5.92 Å². The molecule has 0 aromatic carbocycles. The zero-order chi connectivity index (χ0) is 10.2. The van der Waals surface area contributed by atoms with E-state index in [0.29, 0.717) is 0 Å². The first kappa shape index (κ1) is 11.3. The van der Waals surface area contributed by atoms with Crippen LogP contribution in [0.25, 0.3) is 0 Å². The normalized spacial score (nSPS) is 42.0. The van der Waals surface area contributed by atoms with Crippen LogP contribution >= 0.6 is 9.24 Å². The number of ether oxygens (including phenoxy) is 2. The highest BCUT2D eigenvalue weighted by molar-refractivity contribution is 7.18. The number of hydrogen-bond donors (Lipinski definition) is 0. The van der Waals surface area contributed by atoms with Gasteiger partial charge in [-0.25, -0.2) is 0 Å². The van der Waals surface area contributed by atoms with E-state index in [2.05, 4.69) is 0 Å². The van der Waals surface area contributed by atoms with Gasteiger partial charge in [0.1, 0.15) is 6.10 Å². The third-order valence-corrected chi connectivity index (χ3v) is 2.67. The summed E-state index contributed by atoms with van der Waals surface area (Å²) in [4.78, 5) is 0. The first-order valence-electron chi connectivity index (χ1n) is 4.30. The maximum absolute atomic E-state index is 13.0. The smallest absolute Gasteiger partial charge is 0.284 e. The molecule has 0 radical (unpaired) electrons. The topological polar surface area (TPSA) is 18.5 Å². The molecule has 78 valence electrons. The number of hydrogen-bond acceptors (Lipinski definition) is 2. The average molecular weight is 212 g/mol. The molecule has 5 atom stereocenters. The number of halogens is 2. The Morgan fingerprint density at radius 2 is 1.69 bits per heavy atom. The van der Waals surface area contributed by atoms with Crippen LogP contribution in [0.1, 0.15) is 20.8 Å². The second-order valence-corrected chi connectivity index (χ2v) is 4.27. The molecule has 0 N–H and O–H groups in total. The van der Waals surface area contributed by atoms with Gasteiger partial charge >= 0.3 is 0 Å². The van der Waals surface area contributed by atoms with Crippen LogP contribution in [0.2, 0.25) is 0 Å². The van der Waals surface area contributed by atoms with Crippen molar-refractivity contribution >= 4 is 9.24 Å². The van der Waals surface area contributed by atoms with Gasteiger partial charge in [0.05, 0.1) is 6.10 Å². The monoisotopic (exact) mass is 212 g/mol. The fourth-order valence-corrected chi connectivity index (χ4v) is 1.86. The zero-order valence-corrected chi connectivity index (χ0v) is 9.11. The van der Waals surface area contributed by atoms with Crippen LogP contribution in [0.5, 0.6) is 0 Å². The molecule has 0 aromatic rings. The molecule has 0 spiro atoms. The first-order chi connectivity index (χ1) is 5.82. The summed E-state index contributed by atoms with van der Waals surface area (Å²) in [6, 6.07) is 0. The van der Waals surface area contributed by atoms with Crippen molar-refractivity contribution in [3.05, 3.63) is 0 Å². The van der Waals surface area contributed by atoms with E-state index in [9.17, 15) is 8.78 Å². The molecule has 1 aliphatic rings. The van der Waals surface area contributed by atoms with Gasteiger partial charge in [-0.05, 0) is 13.8 Å². The minimum absolute atomic E-state index is 0.194. The highest BCUT2D eigenvalue weighted by atomic mass is 31.0. The van der Waals surface area contributed by atoms with Gasteiger partial charge in [-0.2, -0.15) is 8.78 Å². The molecular formula is C8H15F2O2P. The number of rotatable bonds is 1. The highest BCUT2D eigenvalue weighted by Crippen LogP contribution is 2.38. The standard InChI is InChI=1S/C8H15F2O2P/c1-4-5(2)11-6(3)12-7(4)8(9,10)13/h4-7H,13H2,1-3H3. The Morgan fingerprint density at radius 1 is 1.15 bits per heavy atom. The van der Waals surface area contributed by atoms with Gasteiger partial charge < -0.3 is 9.47 Å². The van der Waals surface area contributed by atoms with Crippen LogP contribution < -0.4 is 0 Å². The molecule has 0 aliphatic carbocycles. The summed E-state index contributed by atoms with van der Waals surface area (Å²) in [7, 11) is 1.53. The van der Waals surface area contributed by atoms with Crippen molar-refractivity contribution in [2.45, 2.75) is 44.9 Å². The predicted molar refractivity (Wildman–Crippen MR) is 48.7 cm³/mol. The Balaban J connectivity index is 2.72. The second-order valence-electron chi connectivity index (χ2n) is 3.50. The molecule has 1 heterocycles. The fourth-order valence-electron chi connectivity index (χ4n) is 1.48. The van der Waals surface area contributed by atoms with Crippen molar-refractivity contribution in [3.8, 4) is 0 Å². The van der Waals surface area contributed by atoms with Crippen LogP contribution in [0.4, 0.5) is 8.78 Å². The molecule has 1 fully saturated rings. The van der Waals surface area contributed by atoms with Crippen molar-refractivity contribution in [1.29, 1.82) is 0 Å². The fraction of sp³-hybridized carbons (Fsp3) is 1.00. The van der Waals surface area contributed by atoms with Crippen LogP contribution in [-0.4, -0.2) is 24.2 Å². The molecule has 0 amide bonds. The first-order valence-corrected chi connectivity index (χ1v) is 4.87. The highest BCUT2D eigenvalue weighted by Gasteiger charge is 2.45. The van der Waals surface area contributed by atoms with Crippen LogP contribution in [-0.2, 0) is 9.47 Å². The van der Waals surface area contributed by atoms with Crippen molar-refractivity contribution in [2.24, 2.45) is 5.92 Å². The minimum Gasteiger partial charge on any atom is -0.350 e. The minimum atomic E-state index is -2.88. The van der Waals surface area contributed by atoms with E-state index in [1.807, 2.05) is 0 Å². The van der Waals surface area contributed by atoms with Crippen LogP contribution in [0.15, 0.2) is 0 Å². The number of alkyl halides is 2. The van der Waals surface area contributed by atoms with Gasteiger partial charge in [-0.15, -0.1) is 0 Å². The summed E-state index contributed by atoms with van der Waals surface area (Å²) in [5.41, 5.74) is -2.88. The molecule has 1 aliphatic heterocycles. The molecule has 0 aromatic heterocycles. The summed E-state index contributed by atoms with van der Waals surface area (Å²) in [5.74, 6) is -0.302. The Morgan fingerprint density at radius 3 is 2.15 bits per heavy atom. The summed E-state index contributed by atoms with van der Waals surface area (Å²) in [6.07, 6.45) is -1.82. The van der Waals surface area contributed by atoms with Crippen molar-refractivity contribution in [2.75, 3.05) is 0 Å². The van der Waals surface area contributed by atoms with E-state index in [0.717, 1.165) is 0 Å². The Labute approximate surface area is 79.2 Å². The third kappa shape index (κ3) is 2.58. The zero-order valence-electron chi connectivity index (χ0n) is 7.96. The Kier molecular flexibility index (Phi) is 3.26. The van der Waals surface area contributed by atoms with Gasteiger partial charge in [0.25, 0.3) is 5.66 Å². The lowest BCUT2D eigenvalue weighted by Gasteiger charge is -2.40. The molecule has 5 unspecified atom stereocenters. The van der Waals surface area contributed by atoms with E-state index in [1.54, 1.807) is 20.8 Å².